The van der Waals surface area contributed by atoms with Crippen molar-refractivity contribution >= 4 is 16.3 Å². The molecule has 0 radical (unpaired) electrons. The van der Waals surface area contributed by atoms with Crippen LogP contribution in [0.25, 0.3) is 4.96 Å². The molecule has 0 amide bonds. The molecule has 1 aliphatic carbocycles. The third-order valence-electron chi connectivity index (χ3n) is 4.47. The molecule has 1 saturated carbocycles. The molecule has 1 aliphatic rings. The number of imidazole rings is 1. The third kappa shape index (κ3) is 2.43. The smallest absolute Gasteiger partial charge is 0.194 e. The zero-order valence-electron chi connectivity index (χ0n) is 12.1. The van der Waals surface area contributed by atoms with Crippen LogP contribution >= 0.6 is 11.3 Å². The molecule has 3 nitrogen and oxygen atoms in total. The number of fused-ring (bicyclic) bond motifs is 1. The number of nitrogens with one attached hydrogen (secondary N) is 1. The summed E-state index contributed by atoms with van der Waals surface area (Å²) in [6, 6.07) is 0. The van der Waals surface area contributed by atoms with Crippen molar-refractivity contribution in [2.75, 3.05) is 0 Å². The van der Waals surface area contributed by atoms with Gasteiger partial charge in [0.05, 0.1) is 11.4 Å². The fourth-order valence-electron chi connectivity index (χ4n) is 3.18. The van der Waals surface area contributed by atoms with Crippen molar-refractivity contribution in [3.63, 3.8) is 0 Å². The average Bonchev–Trinajstić information content (AvgIpc) is 2.88. The number of aromatic nitrogens is 2. The molecule has 104 valence electrons. The van der Waals surface area contributed by atoms with Crippen molar-refractivity contribution in [2.45, 2.75) is 65.0 Å². The minimum Gasteiger partial charge on any atom is -0.306 e. The van der Waals surface area contributed by atoms with E-state index in [1.54, 1.807) is 11.3 Å². The highest BCUT2D eigenvalue weighted by molar-refractivity contribution is 7.15. The Balaban J connectivity index is 1.81. The first-order chi connectivity index (χ1) is 9.09. The first-order valence-corrected chi connectivity index (χ1v) is 8.14. The highest BCUT2D eigenvalue weighted by Gasteiger charge is 2.26. The lowest BCUT2D eigenvalue weighted by Gasteiger charge is -2.34. The van der Waals surface area contributed by atoms with Crippen molar-refractivity contribution in [3.05, 3.63) is 22.5 Å². The molecule has 0 aromatic carbocycles. The minimum absolute atomic E-state index is 0.318. The summed E-state index contributed by atoms with van der Waals surface area (Å²) in [6.45, 7) is 7.59. The zero-order valence-corrected chi connectivity index (χ0v) is 12.9. The minimum atomic E-state index is 0.318. The SMILES string of the molecule is Cc1nc2scc(C)n2c1CNC1(C)CCCCC1. The fourth-order valence-corrected chi connectivity index (χ4v) is 4.11. The standard InChI is InChI=1S/C15H23N3S/c1-11-10-19-14-17-12(2)13(18(11)14)9-16-15(3)7-5-4-6-8-15/h10,16H,4-9H2,1-3H3. The van der Waals surface area contributed by atoms with Crippen LogP contribution in [0.4, 0.5) is 0 Å². The Hall–Kier alpha value is -0.870. The monoisotopic (exact) mass is 277 g/mol. The largest absolute Gasteiger partial charge is 0.306 e. The topological polar surface area (TPSA) is 29.3 Å². The molecule has 2 heterocycles. The fraction of sp³-hybridized carbons (Fsp3) is 0.667. The van der Waals surface area contributed by atoms with Gasteiger partial charge in [-0.1, -0.05) is 19.3 Å². The van der Waals surface area contributed by atoms with E-state index in [4.69, 9.17) is 0 Å². The Bertz CT molecular complexity index is 575. The maximum atomic E-state index is 4.66. The first-order valence-electron chi connectivity index (χ1n) is 7.26. The van der Waals surface area contributed by atoms with Gasteiger partial charge in [-0.05, 0) is 33.6 Å². The van der Waals surface area contributed by atoms with E-state index in [1.807, 2.05) is 0 Å². The Labute approximate surface area is 119 Å². The molecule has 0 unspecified atom stereocenters. The van der Waals surface area contributed by atoms with Crippen molar-refractivity contribution in [2.24, 2.45) is 0 Å². The predicted octanol–water partition coefficient (Wildman–Crippen LogP) is 3.83. The molecule has 4 heteroatoms. The quantitative estimate of drug-likeness (QED) is 0.924. The summed E-state index contributed by atoms with van der Waals surface area (Å²) in [5.41, 5.74) is 4.12. The van der Waals surface area contributed by atoms with Gasteiger partial charge in [0.15, 0.2) is 4.96 Å². The Kier molecular flexibility index (Phi) is 3.39. The maximum absolute atomic E-state index is 4.66. The van der Waals surface area contributed by atoms with E-state index >= 15 is 0 Å². The number of rotatable bonds is 3. The van der Waals surface area contributed by atoms with Gasteiger partial charge in [-0.15, -0.1) is 11.3 Å². The lowest BCUT2D eigenvalue weighted by atomic mass is 9.83. The van der Waals surface area contributed by atoms with Crippen LogP contribution in [-0.4, -0.2) is 14.9 Å². The molecule has 19 heavy (non-hydrogen) atoms. The van der Waals surface area contributed by atoms with Gasteiger partial charge in [-0.3, -0.25) is 4.40 Å². The van der Waals surface area contributed by atoms with Crippen molar-refractivity contribution < 1.29 is 0 Å². The van der Waals surface area contributed by atoms with Gasteiger partial charge < -0.3 is 5.32 Å². The molecule has 0 bridgehead atoms. The Morgan fingerprint density at radius 3 is 2.79 bits per heavy atom. The molecule has 0 saturated heterocycles. The van der Waals surface area contributed by atoms with Crippen LogP contribution in [0.1, 0.15) is 56.1 Å². The summed E-state index contributed by atoms with van der Waals surface area (Å²) in [5.74, 6) is 0. The summed E-state index contributed by atoms with van der Waals surface area (Å²) < 4.78 is 2.30. The number of thiazole rings is 1. The first kappa shape index (κ1) is 13.1. The molecular formula is C15H23N3S. The van der Waals surface area contributed by atoms with Crippen LogP contribution in [0.15, 0.2) is 5.38 Å². The van der Waals surface area contributed by atoms with Crippen molar-refractivity contribution in [3.8, 4) is 0 Å². The molecule has 2 aromatic heterocycles. The van der Waals surface area contributed by atoms with Gasteiger partial charge in [0, 0.05) is 23.2 Å². The van der Waals surface area contributed by atoms with Crippen LogP contribution in [0.3, 0.4) is 0 Å². The molecule has 3 rings (SSSR count). The van der Waals surface area contributed by atoms with Crippen molar-refractivity contribution in [1.82, 2.24) is 14.7 Å². The lowest BCUT2D eigenvalue weighted by Crippen LogP contribution is -2.43. The van der Waals surface area contributed by atoms with Crippen LogP contribution in [0.5, 0.6) is 0 Å². The third-order valence-corrected chi connectivity index (χ3v) is 5.41. The van der Waals surface area contributed by atoms with Gasteiger partial charge in [0.25, 0.3) is 0 Å². The Morgan fingerprint density at radius 1 is 1.32 bits per heavy atom. The van der Waals surface area contributed by atoms with Crippen LogP contribution < -0.4 is 5.32 Å². The van der Waals surface area contributed by atoms with Crippen LogP contribution in [-0.2, 0) is 6.54 Å². The average molecular weight is 277 g/mol. The summed E-state index contributed by atoms with van der Waals surface area (Å²) in [7, 11) is 0. The van der Waals surface area contributed by atoms with Gasteiger partial charge >= 0.3 is 0 Å². The highest BCUT2D eigenvalue weighted by Crippen LogP contribution is 2.28. The van der Waals surface area contributed by atoms with Gasteiger partial charge in [-0.25, -0.2) is 4.98 Å². The molecule has 0 atom stereocenters. The van der Waals surface area contributed by atoms with Gasteiger partial charge in [0.2, 0.25) is 0 Å². The number of aryl methyl sites for hydroxylation is 2. The van der Waals surface area contributed by atoms with E-state index in [0.717, 1.165) is 11.5 Å². The van der Waals surface area contributed by atoms with E-state index in [9.17, 15) is 0 Å². The summed E-state index contributed by atoms with van der Waals surface area (Å²) in [6.07, 6.45) is 6.73. The van der Waals surface area contributed by atoms with Gasteiger partial charge in [0.1, 0.15) is 0 Å². The van der Waals surface area contributed by atoms with Crippen molar-refractivity contribution in [1.29, 1.82) is 0 Å². The van der Waals surface area contributed by atoms with E-state index in [-0.39, 0.29) is 0 Å². The second-order valence-electron chi connectivity index (χ2n) is 6.11. The molecule has 2 aromatic rings. The predicted molar refractivity (Wildman–Crippen MR) is 80.9 cm³/mol. The summed E-state index contributed by atoms with van der Waals surface area (Å²) in [5, 5.41) is 5.98. The van der Waals surface area contributed by atoms with E-state index in [0.29, 0.717) is 5.54 Å². The molecule has 0 spiro atoms. The lowest BCUT2D eigenvalue weighted by molar-refractivity contribution is 0.251. The number of nitrogens with zero attached hydrogens (tertiary/aromatic N) is 2. The molecule has 1 fully saturated rings. The Morgan fingerprint density at radius 2 is 2.05 bits per heavy atom. The molecular weight excluding hydrogens is 254 g/mol. The zero-order chi connectivity index (χ0) is 13.5. The maximum Gasteiger partial charge on any atom is 0.194 e. The van der Waals surface area contributed by atoms with Crippen LogP contribution in [0, 0.1) is 13.8 Å². The second kappa shape index (κ2) is 4.91. The number of hydrogen-bond donors (Lipinski definition) is 1. The second-order valence-corrected chi connectivity index (χ2v) is 6.95. The summed E-state index contributed by atoms with van der Waals surface area (Å²) in [4.78, 5) is 5.79. The van der Waals surface area contributed by atoms with E-state index in [1.165, 1.54) is 49.2 Å². The van der Waals surface area contributed by atoms with Crippen LogP contribution in [0.2, 0.25) is 0 Å². The molecule has 0 aliphatic heterocycles. The molecule has 1 N–H and O–H groups in total. The van der Waals surface area contributed by atoms with Gasteiger partial charge in [-0.2, -0.15) is 0 Å². The summed E-state index contributed by atoms with van der Waals surface area (Å²) >= 11 is 1.73. The number of hydrogen-bond acceptors (Lipinski definition) is 3. The van der Waals surface area contributed by atoms with E-state index in [2.05, 4.69) is 40.9 Å². The highest BCUT2D eigenvalue weighted by atomic mass is 32.1. The van der Waals surface area contributed by atoms with E-state index < -0.39 is 0 Å². The normalized spacial score (nSPS) is 19.1.